The van der Waals surface area contributed by atoms with E-state index in [1.165, 1.54) is 0 Å². The molecule has 0 aliphatic carbocycles. The van der Waals surface area contributed by atoms with Crippen molar-refractivity contribution >= 4 is 23.9 Å². The van der Waals surface area contributed by atoms with Crippen LogP contribution in [0.25, 0.3) is 0 Å². The Balaban J connectivity index is 0. The van der Waals surface area contributed by atoms with Gasteiger partial charge in [-0.15, -0.1) is 0 Å². The standard InChI is InChI=1S/4C2H5O.Sn.Ti/c4*1-2-3;;/h4*2H2,1H3;;/q4*-1;;+4. The second-order valence-electron chi connectivity index (χ2n) is 2.23. The molecule has 0 saturated carbocycles. The van der Waals surface area contributed by atoms with Gasteiger partial charge in [-0.25, -0.2) is 0 Å². The molecule has 0 heterocycles. The summed E-state index contributed by atoms with van der Waals surface area (Å²) in [5, 5.41) is 0. The molecule has 0 aromatic carbocycles. The van der Waals surface area contributed by atoms with Crippen molar-refractivity contribution in [2.45, 2.75) is 27.7 Å². The smallest absolute Gasteiger partial charge is 0 e. The molecule has 0 saturated heterocycles. The van der Waals surface area contributed by atoms with Crippen LogP contribution in [0.4, 0.5) is 0 Å². The van der Waals surface area contributed by atoms with Gasteiger partial charge >= 0.3 is 85.5 Å². The van der Waals surface area contributed by atoms with Gasteiger partial charge in [-0.05, 0) is 0 Å². The van der Waals surface area contributed by atoms with Crippen LogP contribution in [0.3, 0.4) is 0 Å². The fourth-order valence-electron chi connectivity index (χ4n) is 0.957. The maximum absolute atomic E-state index is 5.47. The van der Waals surface area contributed by atoms with Crippen LogP contribution in [-0.2, 0) is 31.4 Å². The van der Waals surface area contributed by atoms with Gasteiger partial charge in [0.2, 0.25) is 0 Å². The van der Waals surface area contributed by atoms with Gasteiger partial charge in [0.1, 0.15) is 0 Å². The van der Waals surface area contributed by atoms with E-state index in [9.17, 15) is 0 Å². The van der Waals surface area contributed by atoms with E-state index in [1.54, 1.807) is 0 Å². The van der Waals surface area contributed by atoms with E-state index >= 15 is 0 Å². The van der Waals surface area contributed by atoms with Crippen LogP contribution in [0.1, 0.15) is 27.7 Å². The zero-order valence-corrected chi connectivity index (χ0v) is 13.9. The molecular weight excluding hydrogens is 327 g/mol. The molecule has 4 radical (unpaired) electrons. The normalized spacial score (nSPS) is 11.1. The Kier molecular flexibility index (Phi) is 13.8. The minimum atomic E-state index is -3.32. The molecule has 0 aliphatic rings. The van der Waals surface area contributed by atoms with Gasteiger partial charge in [0.25, 0.3) is 0 Å². The largest absolute Gasteiger partial charge is 0 e. The summed E-state index contributed by atoms with van der Waals surface area (Å²) < 4.78 is 21.9. The third-order valence-electron chi connectivity index (χ3n) is 1.28. The molecule has 6 heteroatoms. The van der Waals surface area contributed by atoms with Crippen molar-refractivity contribution in [1.29, 1.82) is 0 Å². The molecule has 84 valence electrons. The monoisotopic (exact) mass is 348 g/mol. The first-order chi connectivity index (χ1) is 6.24. The SMILES string of the molecule is CC[O][Ti]([O]CC)([O]CC)[O]CC.[Sn]. The van der Waals surface area contributed by atoms with Crippen LogP contribution < -0.4 is 0 Å². The zero-order valence-electron chi connectivity index (χ0n) is 9.46. The molecule has 0 fully saturated rings. The molecule has 4 nitrogen and oxygen atoms in total. The number of rotatable bonds is 8. The average molecular weight is 347 g/mol. The molecule has 0 N–H and O–H groups in total. The Morgan fingerprint density at radius 3 is 1.00 bits per heavy atom. The molecule has 0 spiro atoms. The summed E-state index contributed by atoms with van der Waals surface area (Å²) in [5.41, 5.74) is 0. The van der Waals surface area contributed by atoms with E-state index < -0.39 is 18.1 Å². The predicted octanol–water partition coefficient (Wildman–Crippen LogP) is 1.57. The second-order valence-corrected chi connectivity index (χ2v) is 5.60. The molecule has 0 bridgehead atoms. The van der Waals surface area contributed by atoms with E-state index in [2.05, 4.69) is 0 Å². The summed E-state index contributed by atoms with van der Waals surface area (Å²) in [6, 6.07) is 0. The average Bonchev–Trinajstić information content (AvgIpc) is 2.06. The van der Waals surface area contributed by atoms with E-state index in [1.807, 2.05) is 27.7 Å². The van der Waals surface area contributed by atoms with Crippen molar-refractivity contribution in [2.75, 3.05) is 26.4 Å². The Bertz CT molecular complexity index is 96.4. The second kappa shape index (κ2) is 10.9. The third-order valence-corrected chi connectivity index (χ3v) is 5.30. The van der Waals surface area contributed by atoms with Crippen LogP contribution >= 0.6 is 0 Å². The van der Waals surface area contributed by atoms with Crippen LogP contribution in [0.15, 0.2) is 0 Å². The number of hydrogen-bond acceptors (Lipinski definition) is 4. The Morgan fingerprint density at radius 1 is 0.643 bits per heavy atom. The van der Waals surface area contributed by atoms with Crippen LogP contribution in [0, 0.1) is 0 Å². The van der Waals surface area contributed by atoms with E-state index in [0.29, 0.717) is 26.4 Å². The summed E-state index contributed by atoms with van der Waals surface area (Å²) in [7, 11) is 0. The molecule has 0 rings (SSSR count). The van der Waals surface area contributed by atoms with Gasteiger partial charge in [0.05, 0.1) is 0 Å². The Labute approximate surface area is 109 Å². The molecule has 0 aromatic rings. The quantitative estimate of drug-likeness (QED) is 0.625. The molecular formula is C8H20O4SnTi. The first kappa shape index (κ1) is 17.7. The van der Waals surface area contributed by atoms with Crippen molar-refractivity contribution in [3.05, 3.63) is 0 Å². The minimum absolute atomic E-state index is 0. The Hall–Kier alpha value is 1.35. The first-order valence-corrected chi connectivity index (χ1v) is 7.35. The van der Waals surface area contributed by atoms with Gasteiger partial charge in [0, 0.05) is 23.9 Å². The summed E-state index contributed by atoms with van der Waals surface area (Å²) in [6.07, 6.45) is 0. The van der Waals surface area contributed by atoms with Gasteiger partial charge in [-0.2, -0.15) is 0 Å². The van der Waals surface area contributed by atoms with Crippen LogP contribution in [0.2, 0.25) is 0 Å². The van der Waals surface area contributed by atoms with Gasteiger partial charge < -0.3 is 0 Å². The van der Waals surface area contributed by atoms with Crippen LogP contribution in [-0.4, -0.2) is 50.3 Å². The van der Waals surface area contributed by atoms with Crippen molar-refractivity contribution < 1.29 is 31.4 Å². The maximum Gasteiger partial charge on any atom is 0 e. The summed E-state index contributed by atoms with van der Waals surface area (Å²) in [4.78, 5) is 0. The fourth-order valence-corrected chi connectivity index (χ4v) is 3.95. The molecule has 0 unspecified atom stereocenters. The van der Waals surface area contributed by atoms with E-state index in [4.69, 9.17) is 13.3 Å². The summed E-state index contributed by atoms with van der Waals surface area (Å²) in [6.45, 7) is 9.93. The summed E-state index contributed by atoms with van der Waals surface area (Å²) in [5.74, 6) is 0. The van der Waals surface area contributed by atoms with Crippen molar-refractivity contribution in [3.8, 4) is 0 Å². The van der Waals surface area contributed by atoms with E-state index in [0.717, 1.165) is 0 Å². The predicted molar refractivity (Wildman–Crippen MR) is 52.3 cm³/mol. The Morgan fingerprint density at radius 2 is 0.857 bits per heavy atom. The molecule has 0 aromatic heterocycles. The maximum atomic E-state index is 5.47. The first-order valence-electron chi connectivity index (χ1n) is 4.80. The molecule has 0 amide bonds. The fraction of sp³-hybridized carbons (Fsp3) is 1.00. The summed E-state index contributed by atoms with van der Waals surface area (Å²) >= 11 is -3.32. The van der Waals surface area contributed by atoms with Crippen LogP contribution in [0.5, 0.6) is 0 Å². The zero-order chi connectivity index (χ0) is 10.2. The number of hydrogen-bond donors (Lipinski definition) is 0. The van der Waals surface area contributed by atoms with Crippen molar-refractivity contribution in [2.24, 2.45) is 0 Å². The molecule has 14 heavy (non-hydrogen) atoms. The van der Waals surface area contributed by atoms with Gasteiger partial charge in [-0.3, -0.25) is 0 Å². The molecule has 0 atom stereocenters. The molecule has 0 aliphatic heterocycles. The van der Waals surface area contributed by atoms with Crippen molar-refractivity contribution in [3.63, 3.8) is 0 Å². The van der Waals surface area contributed by atoms with Gasteiger partial charge in [0.15, 0.2) is 0 Å². The van der Waals surface area contributed by atoms with Gasteiger partial charge in [-0.1, -0.05) is 0 Å². The van der Waals surface area contributed by atoms with Crippen molar-refractivity contribution in [1.82, 2.24) is 0 Å². The third kappa shape index (κ3) is 6.77. The topological polar surface area (TPSA) is 36.9 Å². The minimum Gasteiger partial charge on any atom is 0 e. The van der Waals surface area contributed by atoms with E-state index in [-0.39, 0.29) is 23.9 Å².